The quantitative estimate of drug-likeness (QED) is 0.803. The molecule has 1 saturated heterocycles. The Bertz CT molecular complexity index is 807. The Morgan fingerprint density at radius 3 is 2.07 bits per heavy atom. The molecule has 0 radical (unpaired) electrons. The number of hydrogen-bond donors (Lipinski definition) is 2. The van der Waals surface area contributed by atoms with Crippen molar-refractivity contribution in [3.05, 3.63) is 70.8 Å². The highest BCUT2D eigenvalue weighted by Crippen LogP contribution is 2.15. The molecular weight excluding hydrogens is 356 g/mol. The van der Waals surface area contributed by atoms with Gasteiger partial charge in [0.1, 0.15) is 0 Å². The van der Waals surface area contributed by atoms with E-state index in [2.05, 4.69) is 24.1 Å². The zero-order valence-electron chi connectivity index (χ0n) is 16.2. The molecule has 2 aromatic rings. The normalized spacial score (nSPS) is 19.9. The maximum atomic E-state index is 12.3. The summed E-state index contributed by atoms with van der Waals surface area (Å²) in [4.78, 5) is 25.6. The van der Waals surface area contributed by atoms with E-state index in [1.165, 1.54) is 17.7 Å². The number of carboxylic acid groups (broad SMARTS) is 1. The number of amides is 1. The number of carbonyl (C=O) groups excluding carboxylic acids is 1. The fourth-order valence-electron chi connectivity index (χ4n) is 3.48. The largest absolute Gasteiger partial charge is 0.478 e. The highest BCUT2D eigenvalue weighted by atomic mass is 16.5. The van der Waals surface area contributed by atoms with E-state index >= 15 is 0 Å². The molecule has 0 aromatic heterocycles. The molecule has 1 aliphatic heterocycles. The van der Waals surface area contributed by atoms with Crippen molar-refractivity contribution in [1.29, 1.82) is 0 Å². The predicted molar refractivity (Wildman–Crippen MR) is 106 cm³/mol. The van der Waals surface area contributed by atoms with E-state index in [4.69, 9.17) is 9.84 Å². The Hall–Kier alpha value is -2.70. The molecule has 1 amide bonds. The molecule has 2 N–H and O–H groups in total. The molecule has 0 aliphatic carbocycles. The van der Waals surface area contributed by atoms with Crippen LogP contribution < -0.4 is 5.32 Å². The average Bonchev–Trinajstić information content (AvgIpc) is 2.66. The number of nitrogens with zero attached hydrogens (tertiary/aromatic N) is 1. The molecule has 0 bridgehead atoms. The van der Waals surface area contributed by atoms with Gasteiger partial charge >= 0.3 is 5.97 Å². The van der Waals surface area contributed by atoms with Gasteiger partial charge in [0.2, 0.25) is 0 Å². The van der Waals surface area contributed by atoms with Gasteiger partial charge in [-0.1, -0.05) is 24.3 Å². The highest BCUT2D eigenvalue weighted by Gasteiger charge is 2.22. The molecule has 0 saturated carbocycles. The summed E-state index contributed by atoms with van der Waals surface area (Å²) >= 11 is 0. The number of ether oxygens (including phenoxy) is 1. The first-order valence-corrected chi connectivity index (χ1v) is 9.48. The molecule has 2 aromatic carbocycles. The first kappa shape index (κ1) is 20.0. The topological polar surface area (TPSA) is 78.9 Å². The van der Waals surface area contributed by atoms with Gasteiger partial charge < -0.3 is 15.2 Å². The summed E-state index contributed by atoms with van der Waals surface area (Å²) in [5.41, 5.74) is 2.86. The van der Waals surface area contributed by atoms with Crippen LogP contribution in [0.4, 0.5) is 0 Å². The summed E-state index contributed by atoms with van der Waals surface area (Å²) in [6.07, 6.45) is 0.469. The van der Waals surface area contributed by atoms with Crippen molar-refractivity contribution in [2.75, 3.05) is 13.1 Å². The van der Waals surface area contributed by atoms with Crippen LogP contribution in [0.5, 0.6) is 0 Å². The van der Waals surface area contributed by atoms with E-state index in [-0.39, 0.29) is 23.7 Å². The molecule has 0 spiro atoms. The Kier molecular flexibility index (Phi) is 6.44. The molecule has 3 rings (SSSR count). The monoisotopic (exact) mass is 382 g/mol. The number of aromatic carboxylic acids is 1. The fourth-order valence-corrected chi connectivity index (χ4v) is 3.48. The summed E-state index contributed by atoms with van der Waals surface area (Å²) in [5, 5.41) is 11.8. The molecule has 2 atom stereocenters. The summed E-state index contributed by atoms with van der Waals surface area (Å²) in [5.74, 6) is -1.11. The van der Waals surface area contributed by atoms with Gasteiger partial charge in [-0.2, -0.15) is 0 Å². The summed E-state index contributed by atoms with van der Waals surface area (Å²) in [6.45, 7) is 7.19. The zero-order chi connectivity index (χ0) is 20.1. The fraction of sp³-hybridized carbons (Fsp3) is 0.364. The molecule has 1 fully saturated rings. The highest BCUT2D eigenvalue weighted by molar-refractivity contribution is 5.94. The van der Waals surface area contributed by atoms with Crippen LogP contribution in [0.3, 0.4) is 0 Å². The van der Waals surface area contributed by atoms with Gasteiger partial charge in [0.25, 0.3) is 5.91 Å². The number of carbonyl (C=O) groups is 2. The summed E-state index contributed by atoms with van der Waals surface area (Å²) in [6, 6.07) is 14.1. The molecule has 0 unspecified atom stereocenters. The van der Waals surface area contributed by atoms with Crippen LogP contribution in [0, 0.1) is 0 Å². The van der Waals surface area contributed by atoms with Crippen LogP contribution in [0.25, 0.3) is 0 Å². The van der Waals surface area contributed by atoms with Crippen LogP contribution in [-0.4, -0.2) is 47.2 Å². The third-order valence-electron chi connectivity index (χ3n) is 4.77. The Labute approximate surface area is 165 Å². The van der Waals surface area contributed by atoms with Gasteiger partial charge in [-0.3, -0.25) is 9.69 Å². The lowest BCUT2D eigenvalue weighted by Gasteiger charge is -2.35. The summed E-state index contributed by atoms with van der Waals surface area (Å²) in [7, 11) is 0. The van der Waals surface area contributed by atoms with E-state index in [9.17, 15) is 9.59 Å². The molecule has 1 aliphatic rings. The van der Waals surface area contributed by atoms with Crippen molar-refractivity contribution in [3.8, 4) is 0 Å². The number of benzene rings is 2. The molecule has 148 valence electrons. The lowest BCUT2D eigenvalue weighted by molar-refractivity contribution is -0.0704. The molecule has 1 heterocycles. The minimum absolute atomic E-state index is 0.150. The number of nitrogens with one attached hydrogen (secondary N) is 1. The lowest BCUT2D eigenvalue weighted by atomic mass is 10.1. The van der Waals surface area contributed by atoms with Crippen LogP contribution in [0.15, 0.2) is 48.5 Å². The third-order valence-corrected chi connectivity index (χ3v) is 4.77. The molecular formula is C22H26N2O4. The third kappa shape index (κ3) is 5.41. The number of morpholine rings is 1. The first-order chi connectivity index (χ1) is 13.4. The van der Waals surface area contributed by atoms with Crippen molar-refractivity contribution in [3.63, 3.8) is 0 Å². The molecule has 28 heavy (non-hydrogen) atoms. The number of carboxylic acids is 1. The average molecular weight is 382 g/mol. The minimum Gasteiger partial charge on any atom is -0.478 e. The van der Waals surface area contributed by atoms with Crippen LogP contribution in [-0.2, 0) is 17.8 Å². The van der Waals surface area contributed by atoms with Crippen molar-refractivity contribution < 1.29 is 19.4 Å². The van der Waals surface area contributed by atoms with E-state index in [1.807, 2.05) is 24.3 Å². The van der Waals surface area contributed by atoms with Crippen LogP contribution >= 0.6 is 0 Å². The maximum Gasteiger partial charge on any atom is 0.335 e. The van der Waals surface area contributed by atoms with Gasteiger partial charge in [-0.05, 0) is 49.2 Å². The van der Waals surface area contributed by atoms with E-state index in [0.717, 1.165) is 25.2 Å². The van der Waals surface area contributed by atoms with Crippen molar-refractivity contribution in [2.24, 2.45) is 0 Å². The van der Waals surface area contributed by atoms with Gasteiger partial charge in [0.15, 0.2) is 0 Å². The Morgan fingerprint density at radius 2 is 1.50 bits per heavy atom. The second kappa shape index (κ2) is 8.99. The predicted octanol–water partition coefficient (Wildman–Crippen LogP) is 2.92. The van der Waals surface area contributed by atoms with E-state index < -0.39 is 5.97 Å². The number of rotatable bonds is 6. The first-order valence-electron chi connectivity index (χ1n) is 9.48. The molecule has 6 heteroatoms. The van der Waals surface area contributed by atoms with E-state index in [1.54, 1.807) is 12.1 Å². The lowest BCUT2D eigenvalue weighted by Crippen LogP contribution is -2.44. The van der Waals surface area contributed by atoms with Crippen LogP contribution in [0.1, 0.15) is 45.7 Å². The van der Waals surface area contributed by atoms with Crippen LogP contribution in [0.2, 0.25) is 0 Å². The van der Waals surface area contributed by atoms with E-state index in [0.29, 0.717) is 12.1 Å². The number of hydrogen-bond acceptors (Lipinski definition) is 4. The minimum atomic E-state index is -0.961. The van der Waals surface area contributed by atoms with Crippen molar-refractivity contribution >= 4 is 11.9 Å². The Balaban J connectivity index is 1.52. The van der Waals surface area contributed by atoms with Gasteiger partial charge in [0, 0.05) is 31.7 Å². The zero-order valence-corrected chi connectivity index (χ0v) is 16.2. The van der Waals surface area contributed by atoms with Gasteiger partial charge in [-0.15, -0.1) is 0 Å². The van der Waals surface area contributed by atoms with Crippen molar-refractivity contribution in [2.45, 2.75) is 39.1 Å². The van der Waals surface area contributed by atoms with Gasteiger partial charge in [-0.25, -0.2) is 4.79 Å². The maximum absolute atomic E-state index is 12.3. The van der Waals surface area contributed by atoms with Gasteiger partial charge in [0.05, 0.1) is 17.8 Å². The SMILES string of the molecule is C[C@@H]1CN(Cc2ccc(C(=O)NCc3ccc(C(=O)O)cc3)cc2)C[C@@H](C)O1. The van der Waals surface area contributed by atoms with Crippen molar-refractivity contribution in [1.82, 2.24) is 10.2 Å². The molecule has 6 nitrogen and oxygen atoms in total. The Morgan fingerprint density at radius 1 is 0.964 bits per heavy atom. The second-order valence-corrected chi connectivity index (χ2v) is 7.33. The smallest absolute Gasteiger partial charge is 0.335 e. The summed E-state index contributed by atoms with van der Waals surface area (Å²) < 4.78 is 5.76. The standard InChI is InChI=1S/C22H26N2O4/c1-15-12-24(13-16(2)28-15)14-18-5-7-19(8-6-18)21(25)23-11-17-3-9-20(10-4-17)22(26)27/h3-10,15-16H,11-14H2,1-2H3,(H,23,25)(H,26,27)/t15-,16-/m1/s1. The second-order valence-electron chi connectivity index (χ2n) is 7.33.